The summed E-state index contributed by atoms with van der Waals surface area (Å²) in [5, 5.41) is 8.86. The molecule has 1 aromatic carbocycles. The number of aromatic carboxylic acids is 1. The first-order valence-electron chi connectivity index (χ1n) is 7.16. The largest absolute Gasteiger partial charge is 0.478 e. The number of nitrogens with zero attached hydrogens (tertiary/aromatic N) is 1. The highest BCUT2D eigenvalue weighted by Gasteiger charge is 2.17. The third-order valence-corrected chi connectivity index (χ3v) is 3.68. The van der Waals surface area contributed by atoms with Crippen molar-refractivity contribution in [2.75, 3.05) is 13.1 Å². The molecule has 1 N–H and O–H groups in total. The van der Waals surface area contributed by atoms with Crippen LogP contribution < -0.4 is 0 Å². The monoisotopic (exact) mass is 277 g/mol. The van der Waals surface area contributed by atoms with E-state index in [1.807, 2.05) is 11.8 Å². The molecule has 4 nitrogen and oxygen atoms in total. The number of amides is 1. The highest BCUT2D eigenvalue weighted by atomic mass is 16.4. The summed E-state index contributed by atoms with van der Waals surface area (Å²) in [7, 11) is 0. The maximum atomic E-state index is 12.4. The van der Waals surface area contributed by atoms with Gasteiger partial charge in [0.2, 0.25) is 0 Å². The van der Waals surface area contributed by atoms with Crippen molar-refractivity contribution in [3.63, 3.8) is 0 Å². The van der Waals surface area contributed by atoms with Crippen molar-refractivity contribution < 1.29 is 14.7 Å². The summed E-state index contributed by atoms with van der Waals surface area (Å²) in [6.45, 7) is 7.65. The van der Waals surface area contributed by atoms with Crippen LogP contribution in [-0.4, -0.2) is 35.0 Å². The number of carboxylic acid groups (broad SMARTS) is 1. The van der Waals surface area contributed by atoms with E-state index in [1.165, 1.54) is 12.1 Å². The molecule has 110 valence electrons. The van der Waals surface area contributed by atoms with Gasteiger partial charge in [0.05, 0.1) is 5.56 Å². The maximum absolute atomic E-state index is 12.4. The van der Waals surface area contributed by atoms with E-state index >= 15 is 0 Å². The lowest BCUT2D eigenvalue weighted by Crippen LogP contribution is -2.35. The molecule has 0 aromatic heterocycles. The van der Waals surface area contributed by atoms with Crippen LogP contribution in [0, 0.1) is 5.92 Å². The number of carboxylic acids is 1. The first-order chi connectivity index (χ1) is 9.53. The molecular weight excluding hydrogens is 254 g/mol. The smallest absolute Gasteiger partial charge is 0.335 e. The van der Waals surface area contributed by atoms with Gasteiger partial charge in [0.1, 0.15) is 0 Å². The Morgan fingerprint density at radius 1 is 1.05 bits per heavy atom. The summed E-state index contributed by atoms with van der Waals surface area (Å²) >= 11 is 0. The Labute approximate surface area is 120 Å². The summed E-state index contributed by atoms with van der Waals surface area (Å²) in [5.41, 5.74) is 0.743. The first kappa shape index (κ1) is 16.2. The molecule has 0 spiro atoms. The first-order valence-corrected chi connectivity index (χ1v) is 7.16. The Hall–Kier alpha value is -1.84. The quantitative estimate of drug-likeness (QED) is 0.832. The molecule has 0 aliphatic heterocycles. The van der Waals surface area contributed by atoms with Gasteiger partial charge in [-0.2, -0.15) is 0 Å². The Morgan fingerprint density at radius 2 is 1.55 bits per heavy atom. The lowest BCUT2D eigenvalue weighted by Gasteiger charge is -2.25. The highest BCUT2D eigenvalue weighted by molar-refractivity contribution is 5.95. The summed E-state index contributed by atoms with van der Waals surface area (Å²) in [5.74, 6) is -0.498. The molecule has 0 radical (unpaired) electrons. The molecule has 1 rings (SSSR count). The van der Waals surface area contributed by atoms with E-state index < -0.39 is 5.97 Å². The van der Waals surface area contributed by atoms with Crippen LogP contribution in [0.4, 0.5) is 0 Å². The molecule has 0 saturated carbocycles. The summed E-state index contributed by atoms with van der Waals surface area (Å²) in [6, 6.07) is 6.11. The lowest BCUT2D eigenvalue weighted by molar-refractivity contribution is 0.0692. The van der Waals surface area contributed by atoms with Gasteiger partial charge in [-0.25, -0.2) is 4.79 Å². The molecule has 0 unspecified atom stereocenters. The number of rotatable bonds is 7. The van der Waals surface area contributed by atoms with Gasteiger partial charge in [-0.1, -0.05) is 26.7 Å². The van der Waals surface area contributed by atoms with E-state index in [0.717, 1.165) is 19.4 Å². The fourth-order valence-electron chi connectivity index (χ4n) is 2.15. The van der Waals surface area contributed by atoms with E-state index in [0.29, 0.717) is 18.0 Å². The second-order valence-electron chi connectivity index (χ2n) is 4.91. The standard InChI is InChI=1S/C16H23NO3/c1-4-12(5-2)11-17(6-3)15(18)13-7-9-14(10-8-13)16(19)20/h7-10,12H,4-6,11H2,1-3H3,(H,19,20). The number of hydrogen-bond donors (Lipinski definition) is 1. The van der Waals surface area contributed by atoms with Gasteiger partial charge in [0.25, 0.3) is 5.91 Å². The van der Waals surface area contributed by atoms with E-state index in [2.05, 4.69) is 13.8 Å². The maximum Gasteiger partial charge on any atom is 0.335 e. The molecule has 0 aliphatic carbocycles. The zero-order chi connectivity index (χ0) is 15.1. The van der Waals surface area contributed by atoms with Crippen LogP contribution in [0.25, 0.3) is 0 Å². The van der Waals surface area contributed by atoms with Gasteiger partial charge in [0, 0.05) is 18.7 Å². The molecule has 1 amide bonds. The number of carbonyl (C=O) groups excluding carboxylic acids is 1. The van der Waals surface area contributed by atoms with Gasteiger partial charge < -0.3 is 10.0 Å². The van der Waals surface area contributed by atoms with Crippen LogP contribution in [0.2, 0.25) is 0 Å². The number of carbonyl (C=O) groups is 2. The average molecular weight is 277 g/mol. The predicted molar refractivity (Wildman–Crippen MR) is 79.1 cm³/mol. The van der Waals surface area contributed by atoms with Crippen LogP contribution in [0.5, 0.6) is 0 Å². The Bertz CT molecular complexity index is 449. The van der Waals surface area contributed by atoms with E-state index in [-0.39, 0.29) is 11.5 Å². The van der Waals surface area contributed by atoms with Crippen molar-refractivity contribution in [2.45, 2.75) is 33.6 Å². The van der Waals surface area contributed by atoms with Crippen molar-refractivity contribution in [1.29, 1.82) is 0 Å². The Balaban J connectivity index is 2.82. The Kier molecular flexibility index (Phi) is 6.22. The second kappa shape index (κ2) is 7.68. The van der Waals surface area contributed by atoms with Crippen LogP contribution in [0.3, 0.4) is 0 Å². The third kappa shape index (κ3) is 4.08. The topological polar surface area (TPSA) is 57.6 Å². The summed E-state index contributed by atoms with van der Waals surface area (Å²) in [4.78, 5) is 25.0. The SMILES string of the molecule is CCC(CC)CN(CC)C(=O)c1ccc(C(=O)O)cc1. The predicted octanol–water partition coefficient (Wildman–Crippen LogP) is 3.28. The zero-order valence-corrected chi connectivity index (χ0v) is 12.4. The van der Waals surface area contributed by atoms with Crippen LogP contribution in [0.15, 0.2) is 24.3 Å². The fourth-order valence-corrected chi connectivity index (χ4v) is 2.15. The van der Waals surface area contributed by atoms with Crippen LogP contribution in [0.1, 0.15) is 54.3 Å². The van der Waals surface area contributed by atoms with Crippen molar-refractivity contribution in [3.05, 3.63) is 35.4 Å². The molecule has 4 heteroatoms. The zero-order valence-electron chi connectivity index (χ0n) is 12.4. The minimum atomic E-state index is -0.978. The fraction of sp³-hybridized carbons (Fsp3) is 0.500. The van der Waals surface area contributed by atoms with Gasteiger partial charge >= 0.3 is 5.97 Å². The third-order valence-electron chi connectivity index (χ3n) is 3.68. The number of hydrogen-bond acceptors (Lipinski definition) is 2. The highest BCUT2D eigenvalue weighted by Crippen LogP contribution is 2.13. The average Bonchev–Trinajstić information content (AvgIpc) is 2.48. The van der Waals surface area contributed by atoms with Gasteiger partial charge in [-0.3, -0.25) is 4.79 Å². The lowest BCUT2D eigenvalue weighted by atomic mass is 10.0. The molecule has 0 fully saturated rings. The Morgan fingerprint density at radius 3 is 1.95 bits per heavy atom. The molecule has 0 heterocycles. The van der Waals surface area contributed by atoms with E-state index in [4.69, 9.17) is 5.11 Å². The molecular formula is C16H23NO3. The molecule has 1 aromatic rings. The molecule has 0 aliphatic rings. The summed E-state index contributed by atoms with van der Waals surface area (Å²) < 4.78 is 0. The summed E-state index contributed by atoms with van der Waals surface area (Å²) in [6.07, 6.45) is 2.11. The molecule has 0 atom stereocenters. The number of benzene rings is 1. The van der Waals surface area contributed by atoms with Gasteiger partial charge in [-0.05, 0) is 37.1 Å². The minimum Gasteiger partial charge on any atom is -0.478 e. The van der Waals surface area contributed by atoms with Crippen LogP contribution >= 0.6 is 0 Å². The van der Waals surface area contributed by atoms with Gasteiger partial charge in [-0.15, -0.1) is 0 Å². The van der Waals surface area contributed by atoms with E-state index in [1.54, 1.807) is 12.1 Å². The van der Waals surface area contributed by atoms with Crippen molar-refractivity contribution in [1.82, 2.24) is 4.90 Å². The normalized spacial score (nSPS) is 10.6. The molecule has 0 bridgehead atoms. The molecule has 0 saturated heterocycles. The van der Waals surface area contributed by atoms with Crippen molar-refractivity contribution in [3.8, 4) is 0 Å². The van der Waals surface area contributed by atoms with E-state index in [9.17, 15) is 9.59 Å². The van der Waals surface area contributed by atoms with Gasteiger partial charge in [0.15, 0.2) is 0 Å². The molecule has 20 heavy (non-hydrogen) atoms. The van der Waals surface area contributed by atoms with Crippen LogP contribution in [-0.2, 0) is 0 Å². The van der Waals surface area contributed by atoms with Crippen molar-refractivity contribution in [2.24, 2.45) is 5.92 Å². The van der Waals surface area contributed by atoms with Crippen molar-refractivity contribution >= 4 is 11.9 Å². The minimum absolute atomic E-state index is 0.0312. The second-order valence-corrected chi connectivity index (χ2v) is 4.91.